The molecule has 0 fully saturated rings. The van der Waals surface area contributed by atoms with E-state index in [1.54, 1.807) is 24.3 Å². The number of hydrogen-bond acceptors (Lipinski definition) is 6. The first-order valence-corrected chi connectivity index (χ1v) is 14.0. The van der Waals surface area contributed by atoms with E-state index in [4.69, 9.17) is 0 Å². The molecule has 2 heterocycles. The molecule has 2 aromatic heterocycles. The Labute approximate surface area is 250 Å². The standard InChI is InChI=1S/C33H34N6O4/c40-30(26-12-18-34-19-13-26)38-28(22-24-8-3-1-4-9-24)32(42)36-16-7-17-37-33(43)29(23-25-10-5-2-6-11-25)39-31(41)27-14-20-35-21-15-27/h1-6,8-15,18-21,28-29H,7,16-17,22-23H2,(H,36,42)(H,37,43)(H,38,40)(H,39,41)/t28-,29-/m0/s1. The highest BCUT2D eigenvalue weighted by atomic mass is 16.2. The van der Waals surface area contributed by atoms with Crippen molar-refractivity contribution in [2.24, 2.45) is 0 Å². The first-order chi connectivity index (χ1) is 21.0. The second-order valence-electron chi connectivity index (χ2n) is 9.84. The third kappa shape index (κ3) is 9.89. The zero-order valence-electron chi connectivity index (χ0n) is 23.6. The number of nitrogens with zero attached hydrogens (tertiary/aromatic N) is 2. The van der Waals surface area contributed by atoms with E-state index < -0.39 is 12.1 Å². The third-order valence-electron chi connectivity index (χ3n) is 6.65. The number of hydrogen-bond donors (Lipinski definition) is 4. The van der Waals surface area contributed by atoms with Gasteiger partial charge in [-0.2, -0.15) is 0 Å². The maximum absolute atomic E-state index is 13.1. The maximum atomic E-state index is 13.1. The Morgan fingerprint density at radius 2 is 0.907 bits per heavy atom. The summed E-state index contributed by atoms with van der Waals surface area (Å²) in [6.45, 7) is 0.560. The Kier molecular flexibility index (Phi) is 11.5. The summed E-state index contributed by atoms with van der Waals surface area (Å²) < 4.78 is 0. The topological polar surface area (TPSA) is 142 Å². The molecule has 0 aliphatic heterocycles. The van der Waals surface area contributed by atoms with Gasteiger partial charge in [-0.15, -0.1) is 0 Å². The molecule has 0 aliphatic rings. The molecule has 10 nitrogen and oxygen atoms in total. The lowest BCUT2D eigenvalue weighted by Crippen LogP contribution is -2.49. The normalized spacial score (nSPS) is 11.9. The molecule has 0 bridgehead atoms. The number of nitrogens with one attached hydrogen (secondary N) is 4. The lowest BCUT2D eigenvalue weighted by molar-refractivity contribution is -0.123. The Balaban J connectivity index is 1.30. The van der Waals surface area contributed by atoms with Crippen LogP contribution < -0.4 is 21.3 Å². The van der Waals surface area contributed by atoms with E-state index in [0.29, 0.717) is 30.4 Å². The van der Waals surface area contributed by atoms with Gasteiger partial charge in [0.25, 0.3) is 11.8 Å². The third-order valence-corrected chi connectivity index (χ3v) is 6.65. The molecule has 0 spiro atoms. The fourth-order valence-corrected chi connectivity index (χ4v) is 4.37. The highest BCUT2D eigenvalue weighted by Gasteiger charge is 2.23. The lowest BCUT2D eigenvalue weighted by Gasteiger charge is -2.20. The van der Waals surface area contributed by atoms with Crippen LogP contribution in [0.4, 0.5) is 0 Å². The van der Waals surface area contributed by atoms with E-state index in [9.17, 15) is 19.2 Å². The summed E-state index contributed by atoms with van der Waals surface area (Å²) in [6.07, 6.45) is 7.16. The number of rotatable bonds is 14. The Bertz CT molecular complexity index is 1360. The molecule has 0 aliphatic carbocycles. The number of carbonyl (C=O) groups is 4. The predicted molar refractivity (Wildman–Crippen MR) is 162 cm³/mol. The quantitative estimate of drug-likeness (QED) is 0.169. The van der Waals surface area contributed by atoms with Crippen molar-refractivity contribution in [2.45, 2.75) is 31.3 Å². The van der Waals surface area contributed by atoms with Gasteiger partial charge in [0.1, 0.15) is 12.1 Å². The van der Waals surface area contributed by atoms with Crippen molar-refractivity contribution in [3.05, 3.63) is 132 Å². The van der Waals surface area contributed by atoms with Crippen molar-refractivity contribution in [2.75, 3.05) is 13.1 Å². The zero-order valence-corrected chi connectivity index (χ0v) is 23.6. The Hall–Kier alpha value is -5.38. The van der Waals surface area contributed by atoms with Crippen LogP contribution in [0.3, 0.4) is 0 Å². The fraction of sp³-hybridized carbons (Fsp3) is 0.212. The number of carbonyl (C=O) groups excluding carboxylic acids is 4. The maximum Gasteiger partial charge on any atom is 0.252 e. The van der Waals surface area contributed by atoms with Crippen LogP contribution in [0, 0.1) is 0 Å². The second kappa shape index (κ2) is 16.2. The minimum Gasteiger partial charge on any atom is -0.354 e. The molecule has 0 radical (unpaired) electrons. The van der Waals surface area contributed by atoms with Crippen LogP contribution in [0.15, 0.2) is 110 Å². The molecule has 4 N–H and O–H groups in total. The van der Waals surface area contributed by atoms with Gasteiger partial charge in [-0.1, -0.05) is 60.7 Å². The van der Waals surface area contributed by atoms with Gasteiger partial charge in [0.05, 0.1) is 0 Å². The van der Waals surface area contributed by atoms with Gasteiger partial charge < -0.3 is 21.3 Å². The molecule has 0 saturated carbocycles. The average molecular weight is 579 g/mol. The predicted octanol–water partition coefficient (Wildman–Crippen LogP) is 2.48. The molecule has 0 unspecified atom stereocenters. The van der Waals surface area contributed by atoms with Crippen LogP contribution in [0.1, 0.15) is 38.3 Å². The van der Waals surface area contributed by atoms with Crippen LogP contribution in [0.25, 0.3) is 0 Å². The summed E-state index contributed by atoms with van der Waals surface area (Å²) in [5.41, 5.74) is 2.63. The first kappa shape index (κ1) is 30.6. The summed E-state index contributed by atoms with van der Waals surface area (Å²) >= 11 is 0. The van der Waals surface area contributed by atoms with Crippen LogP contribution in [-0.2, 0) is 22.4 Å². The van der Waals surface area contributed by atoms with Gasteiger partial charge in [-0.3, -0.25) is 29.1 Å². The van der Waals surface area contributed by atoms with Gasteiger partial charge in [0, 0.05) is 61.8 Å². The molecular weight excluding hydrogens is 544 g/mol. The van der Waals surface area contributed by atoms with Gasteiger partial charge >= 0.3 is 0 Å². The summed E-state index contributed by atoms with van der Waals surface area (Å²) in [5, 5.41) is 11.4. The highest BCUT2D eigenvalue weighted by Crippen LogP contribution is 2.07. The smallest absolute Gasteiger partial charge is 0.252 e. The monoisotopic (exact) mass is 578 g/mol. The molecular formula is C33H34N6O4. The number of benzene rings is 2. The molecule has 10 heteroatoms. The molecule has 43 heavy (non-hydrogen) atoms. The molecule has 0 saturated heterocycles. The zero-order chi connectivity index (χ0) is 30.3. The van der Waals surface area contributed by atoms with Crippen molar-refractivity contribution >= 4 is 23.6 Å². The minimum absolute atomic E-state index is 0.280. The van der Waals surface area contributed by atoms with E-state index in [1.807, 2.05) is 60.7 Å². The molecule has 4 amide bonds. The molecule has 2 atom stereocenters. The van der Waals surface area contributed by atoms with Gasteiger partial charge in [0.15, 0.2) is 0 Å². The summed E-state index contributed by atoms with van der Waals surface area (Å²) in [6, 6.07) is 23.6. The second-order valence-corrected chi connectivity index (χ2v) is 9.84. The van der Waals surface area contributed by atoms with Crippen molar-refractivity contribution < 1.29 is 19.2 Å². The Morgan fingerprint density at radius 3 is 1.28 bits per heavy atom. The van der Waals surface area contributed by atoms with Gasteiger partial charge in [-0.05, 0) is 41.8 Å². The summed E-state index contributed by atoms with van der Waals surface area (Å²) in [7, 11) is 0. The lowest BCUT2D eigenvalue weighted by atomic mass is 10.0. The molecule has 220 valence electrons. The Morgan fingerprint density at radius 1 is 0.535 bits per heavy atom. The van der Waals surface area contributed by atoms with E-state index in [-0.39, 0.29) is 36.7 Å². The number of pyridine rings is 2. The molecule has 2 aromatic carbocycles. The van der Waals surface area contributed by atoms with Crippen LogP contribution in [0.5, 0.6) is 0 Å². The van der Waals surface area contributed by atoms with E-state index >= 15 is 0 Å². The summed E-state index contributed by atoms with van der Waals surface area (Å²) in [5.74, 6) is -1.40. The van der Waals surface area contributed by atoms with Crippen molar-refractivity contribution in [3.8, 4) is 0 Å². The van der Waals surface area contributed by atoms with Gasteiger partial charge in [-0.25, -0.2) is 0 Å². The largest absolute Gasteiger partial charge is 0.354 e. The van der Waals surface area contributed by atoms with Gasteiger partial charge in [0.2, 0.25) is 11.8 Å². The summed E-state index contributed by atoms with van der Waals surface area (Å²) in [4.78, 5) is 59.6. The van der Waals surface area contributed by atoms with E-state index in [0.717, 1.165) is 11.1 Å². The molecule has 4 aromatic rings. The number of amides is 4. The van der Waals surface area contributed by atoms with Crippen LogP contribution >= 0.6 is 0 Å². The first-order valence-electron chi connectivity index (χ1n) is 14.0. The van der Waals surface area contributed by atoms with Crippen LogP contribution in [0.2, 0.25) is 0 Å². The SMILES string of the molecule is O=C(N[C@@H](Cc1ccccc1)C(=O)NCCCNC(=O)[C@H](Cc1ccccc1)NC(=O)c1ccncc1)c1ccncc1. The van der Waals surface area contributed by atoms with E-state index in [2.05, 4.69) is 31.2 Å². The van der Waals surface area contributed by atoms with Crippen molar-refractivity contribution in [3.63, 3.8) is 0 Å². The van der Waals surface area contributed by atoms with Crippen LogP contribution in [-0.4, -0.2) is 58.8 Å². The van der Waals surface area contributed by atoms with Crippen molar-refractivity contribution in [1.29, 1.82) is 0 Å². The van der Waals surface area contributed by atoms with Crippen molar-refractivity contribution in [1.82, 2.24) is 31.2 Å². The fourth-order valence-electron chi connectivity index (χ4n) is 4.37. The molecule has 4 rings (SSSR count). The van der Waals surface area contributed by atoms with E-state index in [1.165, 1.54) is 24.8 Å². The average Bonchev–Trinajstić information content (AvgIpc) is 3.05. The highest BCUT2D eigenvalue weighted by molar-refractivity contribution is 5.98. The number of aromatic nitrogens is 2. The minimum atomic E-state index is -0.795.